The smallest absolute Gasteiger partial charge is 0.407 e. The normalized spacial score (nSPS) is 11.2. The van der Waals surface area contributed by atoms with Crippen LogP contribution in [0.5, 0.6) is 0 Å². The van der Waals surface area contributed by atoms with Crippen LogP contribution in [-0.4, -0.2) is 109 Å². The van der Waals surface area contributed by atoms with Gasteiger partial charge in [-0.15, -0.1) is 12.8 Å². The third-order valence-corrected chi connectivity index (χ3v) is 3.68. The fourth-order valence-corrected chi connectivity index (χ4v) is 2.26. The van der Waals surface area contributed by atoms with Gasteiger partial charge in [0.1, 0.15) is 18.8 Å². The van der Waals surface area contributed by atoms with E-state index in [1.54, 1.807) is 0 Å². The van der Waals surface area contributed by atoms with Gasteiger partial charge in [0.05, 0.1) is 52.9 Å². The Balaban J connectivity index is 4.00. The molecule has 32 heavy (non-hydrogen) atoms. The molecule has 0 aliphatic heterocycles. The van der Waals surface area contributed by atoms with Crippen LogP contribution < -0.4 is 5.32 Å². The predicted molar refractivity (Wildman–Crippen MR) is 122 cm³/mol. The summed E-state index contributed by atoms with van der Waals surface area (Å²) in [6.45, 7) is 12.6. The van der Waals surface area contributed by atoms with Gasteiger partial charge in [-0.25, -0.2) is 4.79 Å². The molecule has 0 heterocycles. The molecule has 1 amide bonds. The van der Waals surface area contributed by atoms with Gasteiger partial charge in [-0.2, -0.15) is 0 Å². The number of hydrogen-bond donors (Lipinski definition) is 1. The number of ether oxygens (including phenoxy) is 6. The highest BCUT2D eigenvalue weighted by Gasteiger charge is 2.15. The number of nitrogens with zero attached hydrogens (tertiary/aromatic N) is 1. The van der Waals surface area contributed by atoms with E-state index in [0.29, 0.717) is 65.9 Å². The third kappa shape index (κ3) is 22.8. The fraction of sp³-hybridized carbons (Fsp3) is 0.783. The first-order valence-electron chi connectivity index (χ1n) is 10.8. The highest BCUT2D eigenvalue weighted by molar-refractivity contribution is 5.67. The van der Waals surface area contributed by atoms with Crippen molar-refractivity contribution in [3.8, 4) is 24.7 Å². The summed E-state index contributed by atoms with van der Waals surface area (Å²) < 4.78 is 32.3. The number of nitrogens with one attached hydrogen (secondary N) is 1. The highest BCUT2D eigenvalue weighted by Crippen LogP contribution is 2.06. The number of terminal acetylenes is 2. The Morgan fingerprint density at radius 3 is 1.62 bits per heavy atom. The Kier molecular flexibility index (Phi) is 19.8. The molecule has 184 valence electrons. The Morgan fingerprint density at radius 1 is 0.750 bits per heavy atom. The molecule has 9 nitrogen and oxygen atoms in total. The number of hydrogen-bond acceptors (Lipinski definition) is 8. The zero-order chi connectivity index (χ0) is 23.9. The van der Waals surface area contributed by atoms with Crippen molar-refractivity contribution < 1.29 is 33.2 Å². The minimum atomic E-state index is -0.517. The first kappa shape index (κ1) is 30.1. The SMILES string of the molecule is C#CCOCCOCCN(CCOCCNC(=O)OC(C)(C)C)CCOCCOCC#C. The van der Waals surface area contributed by atoms with Crippen molar-refractivity contribution in [3.63, 3.8) is 0 Å². The van der Waals surface area contributed by atoms with Crippen molar-refractivity contribution in [2.75, 3.05) is 92.2 Å². The third-order valence-electron chi connectivity index (χ3n) is 3.68. The number of carbonyl (C=O) groups excluding carboxylic acids is 1. The number of carbonyl (C=O) groups is 1. The van der Waals surface area contributed by atoms with Crippen LogP contribution in [-0.2, 0) is 28.4 Å². The molecule has 9 heteroatoms. The molecule has 0 aromatic heterocycles. The van der Waals surface area contributed by atoms with E-state index in [1.807, 2.05) is 20.8 Å². The molecule has 0 rings (SSSR count). The molecule has 0 aliphatic rings. The molecule has 0 atom stereocenters. The van der Waals surface area contributed by atoms with Crippen molar-refractivity contribution in [3.05, 3.63) is 0 Å². The largest absolute Gasteiger partial charge is 0.444 e. The zero-order valence-electron chi connectivity index (χ0n) is 19.9. The van der Waals surface area contributed by atoms with E-state index in [1.165, 1.54) is 0 Å². The van der Waals surface area contributed by atoms with Crippen LogP contribution in [0.25, 0.3) is 0 Å². The first-order chi connectivity index (χ1) is 15.4. The van der Waals surface area contributed by atoms with Crippen LogP contribution in [0.2, 0.25) is 0 Å². The molecule has 0 bridgehead atoms. The summed E-state index contributed by atoms with van der Waals surface area (Å²) in [5, 5.41) is 2.66. The fourth-order valence-electron chi connectivity index (χ4n) is 2.26. The Bertz CT molecular complexity index is 510. The van der Waals surface area contributed by atoms with Crippen LogP contribution in [0.3, 0.4) is 0 Å². The van der Waals surface area contributed by atoms with Crippen molar-refractivity contribution in [1.29, 1.82) is 0 Å². The molecule has 0 aromatic rings. The van der Waals surface area contributed by atoms with Gasteiger partial charge in [0.25, 0.3) is 0 Å². The maximum atomic E-state index is 11.6. The molecule has 0 fully saturated rings. The Labute approximate surface area is 193 Å². The number of rotatable bonds is 20. The molecule has 0 spiro atoms. The van der Waals surface area contributed by atoms with Crippen LogP contribution in [0, 0.1) is 24.7 Å². The van der Waals surface area contributed by atoms with Crippen molar-refractivity contribution in [2.45, 2.75) is 26.4 Å². The molecular weight excluding hydrogens is 416 g/mol. The minimum Gasteiger partial charge on any atom is -0.444 e. The second-order valence-electron chi connectivity index (χ2n) is 7.62. The molecule has 0 saturated carbocycles. The van der Waals surface area contributed by atoms with E-state index in [2.05, 4.69) is 22.1 Å². The molecule has 0 saturated heterocycles. The molecule has 0 aliphatic carbocycles. The summed E-state index contributed by atoms with van der Waals surface area (Å²) in [6.07, 6.45) is 9.81. The summed E-state index contributed by atoms with van der Waals surface area (Å²) in [6, 6.07) is 0. The van der Waals surface area contributed by atoms with E-state index in [0.717, 1.165) is 13.1 Å². The Morgan fingerprint density at radius 2 is 1.19 bits per heavy atom. The van der Waals surface area contributed by atoms with Crippen LogP contribution in [0.1, 0.15) is 20.8 Å². The first-order valence-corrected chi connectivity index (χ1v) is 10.8. The van der Waals surface area contributed by atoms with Crippen molar-refractivity contribution in [2.24, 2.45) is 0 Å². The van der Waals surface area contributed by atoms with Gasteiger partial charge in [0.15, 0.2) is 0 Å². The second kappa shape index (κ2) is 21.0. The lowest BCUT2D eigenvalue weighted by Crippen LogP contribution is -2.36. The van der Waals surface area contributed by atoms with Crippen LogP contribution in [0.15, 0.2) is 0 Å². The average Bonchev–Trinajstić information content (AvgIpc) is 2.72. The monoisotopic (exact) mass is 456 g/mol. The van der Waals surface area contributed by atoms with E-state index in [-0.39, 0.29) is 13.2 Å². The standard InChI is InChI=1S/C23H40N2O7/c1-6-12-27-18-20-30-16-10-25(11-17-31-21-19-28-13-7-2)9-15-29-14-8-24-22(26)32-23(3,4)5/h1-2H,8-21H2,3-5H3,(H,24,26). The second-order valence-corrected chi connectivity index (χ2v) is 7.62. The quantitative estimate of drug-likeness (QED) is 0.216. The summed E-state index contributed by atoms with van der Waals surface area (Å²) in [5.74, 6) is 4.83. The lowest BCUT2D eigenvalue weighted by molar-refractivity contribution is 0.0232. The summed E-state index contributed by atoms with van der Waals surface area (Å²) in [7, 11) is 0. The van der Waals surface area contributed by atoms with Crippen molar-refractivity contribution >= 4 is 6.09 Å². The Hall–Kier alpha value is -1.85. The summed E-state index contributed by atoms with van der Waals surface area (Å²) >= 11 is 0. The van der Waals surface area contributed by atoms with Gasteiger partial charge in [0.2, 0.25) is 0 Å². The number of alkyl carbamates (subject to hydrolysis) is 1. The lowest BCUT2D eigenvalue weighted by Gasteiger charge is -2.22. The number of amides is 1. The summed E-state index contributed by atoms with van der Waals surface area (Å²) in [5.41, 5.74) is -0.517. The van der Waals surface area contributed by atoms with Gasteiger partial charge in [-0.1, -0.05) is 11.8 Å². The maximum Gasteiger partial charge on any atom is 0.407 e. The van der Waals surface area contributed by atoms with Gasteiger partial charge < -0.3 is 33.7 Å². The molecular formula is C23H40N2O7. The highest BCUT2D eigenvalue weighted by atomic mass is 16.6. The van der Waals surface area contributed by atoms with Crippen molar-refractivity contribution in [1.82, 2.24) is 10.2 Å². The zero-order valence-corrected chi connectivity index (χ0v) is 19.9. The van der Waals surface area contributed by atoms with Crippen LogP contribution >= 0.6 is 0 Å². The topological polar surface area (TPSA) is 87.7 Å². The molecule has 0 unspecified atom stereocenters. The molecule has 0 radical (unpaired) electrons. The van der Waals surface area contributed by atoms with Crippen LogP contribution in [0.4, 0.5) is 4.79 Å². The van der Waals surface area contributed by atoms with Gasteiger partial charge in [0, 0.05) is 26.2 Å². The predicted octanol–water partition coefficient (Wildman–Crippen LogP) is 1.16. The summed E-state index contributed by atoms with van der Waals surface area (Å²) in [4.78, 5) is 13.8. The molecule has 1 N–H and O–H groups in total. The lowest BCUT2D eigenvalue weighted by atomic mass is 10.2. The van der Waals surface area contributed by atoms with Gasteiger partial charge in [-0.05, 0) is 20.8 Å². The van der Waals surface area contributed by atoms with E-state index < -0.39 is 11.7 Å². The van der Waals surface area contributed by atoms with E-state index in [4.69, 9.17) is 41.3 Å². The average molecular weight is 457 g/mol. The van der Waals surface area contributed by atoms with E-state index in [9.17, 15) is 4.79 Å². The van der Waals surface area contributed by atoms with Gasteiger partial charge >= 0.3 is 6.09 Å². The molecule has 0 aromatic carbocycles. The minimum absolute atomic E-state index is 0.290. The maximum absolute atomic E-state index is 11.6. The van der Waals surface area contributed by atoms with E-state index >= 15 is 0 Å². The van der Waals surface area contributed by atoms with Gasteiger partial charge in [-0.3, -0.25) is 4.90 Å².